The molecule has 3 N–H and O–H groups in total. The third-order valence-electron chi connectivity index (χ3n) is 2.61. The molecule has 1 aliphatic heterocycles. The second-order valence-electron chi connectivity index (χ2n) is 3.88. The maximum Gasteiger partial charge on any atom is 0.305 e. The van der Waals surface area contributed by atoms with E-state index in [1.807, 2.05) is 6.07 Å². The molecule has 0 radical (unpaired) electrons. The Bertz CT molecular complexity index is 607. The second kappa shape index (κ2) is 4.43. The summed E-state index contributed by atoms with van der Waals surface area (Å²) in [4.78, 5) is 11.7. The van der Waals surface area contributed by atoms with E-state index in [0.717, 1.165) is 0 Å². The van der Waals surface area contributed by atoms with Crippen molar-refractivity contribution in [3.8, 4) is 0 Å². The van der Waals surface area contributed by atoms with Gasteiger partial charge in [0.15, 0.2) is 0 Å². The Morgan fingerprint density at radius 2 is 1.78 bits per heavy atom. The summed E-state index contributed by atoms with van der Waals surface area (Å²) in [5, 5.41) is 4.76. The standard InChI is InChI=1S/C11H12N2O4S/c1-7-9(8-5-3-2-4-6-8)12-11(13-10(7)14)18(15,16)17/h2-6,11-12H,1H3,(H,13,14)(H,15,16,17). The highest BCUT2D eigenvalue weighted by Gasteiger charge is 2.31. The summed E-state index contributed by atoms with van der Waals surface area (Å²) >= 11 is 0. The molecule has 2 rings (SSSR count). The van der Waals surface area contributed by atoms with Gasteiger partial charge >= 0.3 is 10.1 Å². The van der Waals surface area contributed by atoms with E-state index in [1.54, 1.807) is 31.2 Å². The molecule has 6 nitrogen and oxygen atoms in total. The number of amides is 1. The van der Waals surface area contributed by atoms with Crippen LogP contribution in [0.3, 0.4) is 0 Å². The lowest BCUT2D eigenvalue weighted by Gasteiger charge is -2.27. The van der Waals surface area contributed by atoms with Gasteiger partial charge in [0, 0.05) is 5.57 Å². The van der Waals surface area contributed by atoms with E-state index in [-0.39, 0.29) is 0 Å². The van der Waals surface area contributed by atoms with Crippen LogP contribution in [0.5, 0.6) is 0 Å². The molecule has 1 aromatic rings. The van der Waals surface area contributed by atoms with Crippen LogP contribution in [-0.2, 0) is 14.9 Å². The fraction of sp³-hybridized carbons (Fsp3) is 0.182. The maximum atomic E-state index is 11.7. The van der Waals surface area contributed by atoms with Gasteiger partial charge in [0.1, 0.15) is 0 Å². The molecule has 0 saturated heterocycles. The largest absolute Gasteiger partial charge is 0.350 e. The summed E-state index contributed by atoms with van der Waals surface area (Å²) in [6.45, 7) is 1.57. The van der Waals surface area contributed by atoms with Crippen LogP contribution in [0.15, 0.2) is 35.9 Å². The normalized spacial score (nSPS) is 20.3. The fourth-order valence-corrected chi connectivity index (χ4v) is 2.19. The topological polar surface area (TPSA) is 95.5 Å². The van der Waals surface area contributed by atoms with Gasteiger partial charge in [0.2, 0.25) is 5.50 Å². The van der Waals surface area contributed by atoms with Crippen molar-refractivity contribution in [1.29, 1.82) is 0 Å². The first kappa shape index (κ1) is 12.6. The summed E-state index contributed by atoms with van der Waals surface area (Å²) in [6.07, 6.45) is 0. The molecule has 1 aliphatic rings. The maximum absolute atomic E-state index is 11.7. The van der Waals surface area contributed by atoms with Crippen LogP contribution < -0.4 is 10.6 Å². The van der Waals surface area contributed by atoms with E-state index in [2.05, 4.69) is 10.6 Å². The van der Waals surface area contributed by atoms with Gasteiger partial charge in [0.05, 0.1) is 5.70 Å². The Kier molecular flexibility index (Phi) is 3.10. The van der Waals surface area contributed by atoms with E-state index < -0.39 is 21.5 Å². The Morgan fingerprint density at radius 1 is 1.17 bits per heavy atom. The van der Waals surface area contributed by atoms with E-state index in [9.17, 15) is 13.2 Å². The number of carbonyl (C=O) groups is 1. The van der Waals surface area contributed by atoms with Crippen molar-refractivity contribution in [2.24, 2.45) is 0 Å². The zero-order chi connectivity index (χ0) is 13.3. The molecule has 0 aromatic heterocycles. The molecular formula is C11H12N2O4S. The van der Waals surface area contributed by atoms with Gasteiger partial charge in [-0.15, -0.1) is 0 Å². The van der Waals surface area contributed by atoms with Crippen LogP contribution in [0.4, 0.5) is 0 Å². The average Bonchev–Trinajstić information content (AvgIpc) is 2.32. The Morgan fingerprint density at radius 3 is 2.33 bits per heavy atom. The molecule has 1 amide bonds. The van der Waals surface area contributed by atoms with Crippen LogP contribution in [0.1, 0.15) is 12.5 Å². The number of benzene rings is 1. The van der Waals surface area contributed by atoms with Crippen LogP contribution >= 0.6 is 0 Å². The average molecular weight is 268 g/mol. The molecule has 96 valence electrons. The van der Waals surface area contributed by atoms with Crippen molar-refractivity contribution >= 4 is 21.7 Å². The number of hydrogen-bond donors (Lipinski definition) is 3. The minimum atomic E-state index is -4.40. The molecule has 18 heavy (non-hydrogen) atoms. The molecule has 0 aliphatic carbocycles. The zero-order valence-corrected chi connectivity index (χ0v) is 10.4. The number of nitrogens with one attached hydrogen (secondary N) is 2. The molecule has 0 saturated carbocycles. The van der Waals surface area contributed by atoms with Crippen LogP contribution in [0.2, 0.25) is 0 Å². The summed E-state index contributed by atoms with van der Waals surface area (Å²) in [7, 11) is -4.40. The quantitative estimate of drug-likeness (QED) is 0.671. The molecule has 1 heterocycles. The summed E-state index contributed by atoms with van der Waals surface area (Å²) < 4.78 is 31.1. The zero-order valence-electron chi connectivity index (χ0n) is 9.54. The van der Waals surface area contributed by atoms with Crippen molar-refractivity contribution < 1.29 is 17.8 Å². The molecule has 0 fully saturated rings. The van der Waals surface area contributed by atoms with E-state index in [1.165, 1.54) is 0 Å². The first-order valence-corrected chi connectivity index (χ1v) is 6.70. The van der Waals surface area contributed by atoms with Gasteiger partial charge in [-0.05, 0) is 12.5 Å². The van der Waals surface area contributed by atoms with E-state index >= 15 is 0 Å². The highest BCUT2D eigenvalue weighted by atomic mass is 32.2. The van der Waals surface area contributed by atoms with Crippen LogP contribution in [0.25, 0.3) is 5.70 Å². The summed E-state index contributed by atoms with van der Waals surface area (Å²) in [5.74, 6) is -0.532. The van der Waals surface area contributed by atoms with E-state index in [0.29, 0.717) is 16.8 Å². The van der Waals surface area contributed by atoms with Gasteiger partial charge in [-0.1, -0.05) is 30.3 Å². The van der Waals surface area contributed by atoms with Crippen molar-refractivity contribution in [2.45, 2.75) is 12.4 Å². The molecule has 0 spiro atoms. The van der Waals surface area contributed by atoms with Gasteiger partial charge in [-0.3, -0.25) is 9.35 Å². The third kappa shape index (κ3) is 2.36. The molecule has 0 bridgehead atoms. The number of hydrogen-bond acceptors (Lipinski definition) is 4. The number of carbonyl (C=O) groups excluding carboxylic acids is 1. The Balaban J connectivity index is 2.45. The Hall–Kier alpha value is -1.86. The molecule has 7 heteroatoms. The van der Waals surface area contributed by atoms with Gasteiger partial charge in [0.25, 0.3) is 5.91 Å². The lowest BCUT2D eigenvalue weighted by molar-refractivity contribution is -0.118. The van der Waals surface area contributed by atoms with E-state index in [4.69, 9.17) is 4.55 Å². The first-order chi connectivity index (χ1) is 8.39. The summed E-state index contributed by atoms with van der Waals surface area (Å²) in [6, 6.07) is 8.83. The van der Waals surface area contributed by atoms with Crippen molar-refractivity contribution in [3.05, 3.63) is 41.5 Å². The number of rotatable bonds is 2. The van der Waals surface area contributed by atoms with Crippen LogP contribution in [-0.4, -0.2) is 24.4 Å². The molecule has 1 unspecified atom stereocenters. The van der Waals surface area contributed by atoms with Gasteiger partial charge in [-0.2, -0.15) is 8.42 Å². The van der Waals surface area contributed by atoms with Gasteiger partial charge < -0.3 is 10.6 Å². The predicted octanol–water partition coefficient (Wildman–Crippen LogP) is 0.308. The highest BCUT2D eigenvalue weighted by molar-refractivity contribution is 7.86. The molecular weight excluding hydrogens is 256 g/mol. The molecule has 1 aromatic carbocycles. The Labute approximate surface area is 104 Å². The fourth-order valence-electron chi connectivity index (χ4n) is 1.67. The minimum absolute atomic E-state index is 0.362. The smallest absolute Gasteiger partial charge is 0.305 e. The van der Waals surface area contributed by atoms with Crippen molar-refractivity contribution in [1.82, 2.24) is 10.6 Å². The predicted molar refractivity (Wildman–Crippen MR) is 65.7 cm³/mol. The van der Waals surface area contributed by atoms with Crippen molar-refractivity contribution in [3.63, 3.8) is 0 Å². The lowest BCUT2D eigenvalue weighted by Crippen LogP contribution is -2.53. The SMILES string of the molecule is CC1=C(c2ccccc2)NC(S(=O)(=O)O)NC1=O. The van der Waals surface area contributed by atoms with Crippen molar-refractivity contribution in [2.75, 3.05) is 0 Å². The first-order valence-electron chi connectivity index (χ1n) is 5.19. The third-order valence-corrected chi connectivity index (χ3v) is 3.44. The second-order valence-corrected chi connectivity index (χ2v) is 5.38. The molecule has 1 atom stereocenters. The summed E-state index contributed by atoms with van der Waals surface area (Å²) in [5.41, 5.74) is -0.0921. The lowest BCUT2D eigenvalue weighted by atomic mass is 10.1. The minimum Gasteiger partial charge on any atom is -0.350 e. The van der Waals surface area contributed by atoms with Gasteiger partial charge in [-0.25, -0.2) is 0 Å². The van der Waals surface area contributed by atoms with Crippen LogP contribution in [0, 0.1) is 0 Å². The highest BCUT2D eigenvalue weighted by Crippen LogP contribution is 2.20. The monoisotopic (exact) mass is 268 g/mol.